The molecule has 0 aromatic carbocycles. The van der Waals surface area contributed by atoms with Crippen LogP contribution < -0.4 is 10.6 Å². The first-order chi connectivity index (χ1) is 8.82. The van der Waals surface area contributed by atoms with Gasteiger partial charge in [-0.15, -0.1) is 0 Å². The lowest BCUT2D eigenvalue weighted by atomic mass is 10.1. The number of sulfone groups is 1. The fraction of sp³-hybridized carbons (Fsp3) is 0.500. The summed E-state index contributed by atoms with van der Waals surface area (Å²) in [7, 11) is -1.14. The van der Waals surface area contributed by atoms with E-state index < -0.39 is 9.84 Å². The van der Waals surface area contributed by atoms with Crippen LogP contribution in [0.5, 0.6) is 0 Å². The number of amidine groups is 1. The summed E-state index contributed by atoms with van der Waals surface area (Å²) in [5, 5.41) is 7.65. The predicted octanol–water partition coefficient (Wildman–Crippen LogP) is 0.297. The lowest BCUT2D eigenvalue weighted by Gasteiger charge is -2.27. The number of pyridine rings is 1. The van der Waals surface area contributed by atoms with E-state index in [9.17, 15) is 8.42 Å². The number of aryl methyl sites for hydroxylation is 1. The normalized spacial score (nSPS) is 21.3. The lowest BCUT2D eigenvalue weighted by Crippen LogP contribution is -2.35. The van der Waals surface area contributed by atoms with Gasteiger partial charge in [0, 0.05) is 19.3 Å². The molecule has 1 aromatic heterocycles. The molecule has 3 N–H and O–H groups in total. The molecule has 7 heteroatoms. The molecule has 1 aliphatic heterocycles. The van der Waals surface area contributed by atoms with E-state index in [0.717, 1.165) is 5.56 Å². The van der Waals surface area contributed by atoms with Crippen molar-refractivity contribution in [3.8, 4) is 0 Å². The topological polar surface area (TPSA) is 100 Å². The molecule has 0 bridgehead atoms. The largest absolute Gasteiger partial charge is 0.384 e. The van der Waals surface area contributed by atoms with Gasteiger partial charge in [-0.05, 0) is 25.0 Å². The van der Waals surface area contributed by atoms with Crippen LogP contribution in [0, 0.1) is 12.3 Å². The number of nitrogens with zero attached hydrogens (tertiary/aromatic N) is 2. The molecule has 1 aliphatic rings. The highest BCUT2D eigenvalue weighted by atomic mass is 32.2. The van der Waals surface area contributed by atoms with Crippen LogP contribution in [-0.4, -0.2) is 43.8 Å². The van der Waals surface area contributed by atoms with Crippen LogP contribution in [0.3, 0.4) is 0 Å². The third-order valence-corrected chi connectivity index (χ3v) is 5.25. The summed E-state index contributed by atoms with van der Waals surface area (Å²) in [6.45, 7) is 1.86. The zero-order chi connectivity index (χ0) is 14.2. The Kier molecular flexibility index (Phi) is 3.49. The molecule has 1 unspecified atom stereocenters. The van der Waals surface area contributed by atoms with Gasteiger partial charge in [-0.2, -0.15) is 0 Å². The van der Waals surface area contributed by atoms with Crippen LogP contribution in [0.2, 0.25) is 0 Å². The smallest absolute Gasteiger partial charge is 0.152 e. The fourth-order valence-corrected chi connectivity index (χ4v) is 4.17. The second kappa shape index (κ2) is 4.80. The van der Waals surface area contributed by atoms with E-state index in [1.807, 2.05) is 11.8 Å². The maximum atomic E-state index is 11.5. The van der Waals surface area contributed by atoms with Crippen LogP contribution in [0.4, 0.5) is 5.82 Å². The average Bonchev–Trinajstić information content (AvgIpc) is 2.68. The van der Waals surface area contributed by atoms with Gasteiger partial charge in [0.2, 0.25) is 0 Å². The average molecular weight is 282 g/mol. The van der Waals surface area contributed by atoms with E-state index in [4.69, 9.17) is 11.1 Å². The summed E-state index contributed by atoms with van der Waals surface area (Å²) in [5.41, 5.74) is 7.05. The molecule has 2 rings (SSSR count). The Bertz CT molecular complexity index is 612. The molecule has 0 aliphatic carbocycles. The standard InChI is InChI=1S/C12H18N4O2S/c1-8-3-5-15-12(10(8)11(13)14)16(2)9-4-6-19(17,18)7-9/h3,5,9H,4,6-7H2,1-2H3,(H3,13,14). The first-order valence-electron chi connectivity index (χ1n) is 6.05. The Morgan fingerprint density at radius 2 is 2.26 bits per heavy atom. The fourth-order valence-electron chi connectivity index (χ4n) is 2.40. The number of aromatic nitrogens is 1. The third-order valence-electron chi connectivity index (χ3n) is 3.50. The molecule has 0 spiro atoms. The van der Waals surface area contributed by atoms with Crippen molar-refractivity contribution in [2.45, 2.75) is 19.4 Å². The first-order valence-corrected chi connectivity index (χ1v) is 7.87. The van der Waals surface area contributed by atoms with Gasteiger partial charge in [-0.25, -0.2) is 13.4 Å². The number of hydrogen-bond donors (Lipinski definition) is 2. The van der Waals surface area contributed by atoms with E-state index in [2.05, 4.69) is 4.98 Å². The van der Waals surface area contributed by atoms with Gasteiger partial charge in [0.25, 0.3) is 0 Å². The van der Waals surface area contributed by atoms with E-state index in [1.54, 1.807) is 19.3 Å². The molecular weight excluding hydrogens is 264 g/mol. The van der Waals surface area contributed by atoms with Crippen LogP contribution in [0.15, 0.2) is 12.3 Å². The molecule has 1 saturated heterocycles. The highest BCUT2D eigenvalue weighted by Gasteiger charge is 2.32. The highest BCUT2D eigenvalue weighted by molar-refractivity contribution is 7.91. The van der Waals surface area contributed by atoms with Gasteiger partial charge < -0.3 is 10.6 Å². The highest BCUT2D eigenvalue weighted by Crippen LogP contribution is 2.25. The summed E-state index contributed by atoms with van der Waals surface area (Å²) in [6.07, 6.45) is 2.24. The Labute approximate surface area is 113 Å². The molecule has 104 valence electrons. The molecule has 1 fully saturated rings. The zero-order valence-corrected chi connectivity index (χ0v) is 11.9. The molecule has 2 heterocycles. The molecule has 1 aromatic rings. The Morgan fingerprint density at radius 3 is 2.79 bits per heavy atom. The van der Waals surface area contributed by atoms with Gasteiger partial charge in [-0.1, -0.05) is 0 Å². The first kappa shape index (κ1) is 13.8. The van der Waals surface area contributed by atoms with Gasteiger partial charge in [-0.3, -0.25) is 5.41 Å². The van der Waals surface area contributed by atoms with E-state index in [-0.39, 0.29) is 23.4 Å². The van der Waals surface area contributed by atoms with Gasteiger partial charge in [0.1, 0.15) is 11.7 Å². The van der Waals surface area contributed by atoms with Crippen LogP contribution in [-0.2, 0) is 9.84 Å². The minimum atomic E-state index is -2.95. The summed E-state index contributed by atoms with van der Waals surface area (Å²) < 4.78 is 23.1. The monoisotopic (exact) mass is 282 g/mol. The van der Waals surface area contributed by atoms with E-state index >= 15 is 0 Å². The zero-order valence-electron chi connectivity index (χ0n) is 11.0. The Morgan fingerprint density at radius 1 is 1.58 bits per heavy atom. The summed E-state index contributed by atoms with van der Waals surface area (Å²) in [4.78, 5) is 6.09. The van der Waals surface area contributed by atoms with Crippen LogP contribution in [0.1, 0.15) is 17.5 Å². The van der Waals surface area contributed by atoms with Crippen molar-refractivity contribution in [2.24, 2.45) is 5.73 Å². The van der Waals surface area contributed by atoms with Gasteiger partial charge in [0.15, 0.2) is 9.84 Å². The maximum Gasteiger partial charge on any atom is 0.152 e. The van der Waals surface area contributed by atoms with Crippen molar-refractivity contribution in [1.82, 2.24) is 4.98 Å². The molecule has 0 saturated carbocycles. The molecule has 6 nitrogen and oxygen atoms in total. The summed E-state index contributed by atoms with van der Waals surface area (Å²) in [6, 6.07) is 1.69. The van der Waals surface area contributed by atoms with Crippen molar-refractivity contribution < 1.29 is 8.42 Å². The number of rotatable bonds is 3. The van der Waals surface area contributed by atoms with E-state index in [0.29, 0.717) is 17.8 Å². The number of nitrogens with one attached hydrogen (secondary N) is 1. The van der Waals surface area contributed by atoms with Crippen molar-refractivity contribution in [1.29, 1.82) is 5.41 Å². The predicted molar refractivity (Wildman–Crippen MR) is 75.5 cm³/mol. The number of nitrogens with two attached hydrogens (primary N) is 1. The number of nitrogen functional groups attached to an aromatic ring is 1. The molecule has 0 amide bonds. The van der Waals surface area contributed by atoms with Crippen molar-refractivity contribution >= 4 is 21.5 Å². The molecule has 1 atom stereocenters. The quantitative estimate of drug-likeness (QED) is 0.613. The molecule has 19 heavy (non-hydrogen) atoms. The van der Waals surface area contributed by atoms with Gasteiger partial charge >= 0.3 is 0 Å². The minimum Gasteiger partial charge on any atom is -0.384 e. The van der Waals surface area contributed by atoms with Crippen molar-refractivity contribution in [3.05, 3.63) is 23.4 Å². The Hall–Kier alpha value is -1.63. The lowest BCUT2D eigenvalue weighted by molar-refractivity contribution is 0.600. The summed E-state index contributed by atoms with van der Waals surface area (Å²) >= 11 is 0. The third kappa shape index (κ3) is 2.70. The Balaban J connectivity index is 2.37. The van der Waals surface area contributed by atoms with E-state index in [1.165, 1.54) is 0 Å². The number of anilines is 1. The van der Waals surface area contributed by atoms with Crippen LogP contribution in [0.25, 0.3) is 0 Å². The molecular formula is C12H18N4O2S. The van der Waals surface area contributed by atoms with Crippen molar-refractivity contribution in [3.63, 3.8) is 0 Å². The van der Waals surface area contributed by atoms with Gasteiger partial charge in [0.05, 0.1) is 17.1 Å². The number of hydrogen-bond acceptors (Lipinski definition) is 5. The molecule has 0 radical (unpaired) electrons. The maximum absolute atomic E-state index is 11.5. The SMILES string of the molecule is Cc1ccnc(N(C)C2CCS(=O)(=O)C2)c1C(=N)N. The van der Waals surface area contributed by atoms with Crippen LogP contribution >= 0.6 is 0 Å². The van der Waals surface area contributed by atoms with Crippen molar-refractivity contribution in [2.75, 3.05) is 23.5 Å². The summed E-state index contributed by atoms with van der Waals surface area (Å²) in [5.74, 6) is 0.877. The second-order valence-corrected chi connectivity index (χ2v) is 7.14. The minimum absolute atomic E-state index is 0.0479. The second-order valence-electron chi connectivity index (χ2n) is 4.91.